The lowest BCUT2D eigenvalue weighted by molar-refractivity contribution is 0.246. The first-order valence-corrected chi connectivity index (χ1v) is 5.47. The van der Waals surface area contributed by atoms with E-state index in [2.05, 4.69) is 29.2 Å². The van der Waals surface area contributed by atoms with Crippen molar-refractivity contribution in [3.8, 4) is 0 Å². The Bertz CT molecular complexity index is 183. The predicted octanol–water partition coefficient (Wildman–Crippen LogP) is 0.395. The van der Waals surface area contributed by atoms with Gasteiger partial charge in [0.25, 0.3) is 0 Å². The van der Waals surface area contributed by atoms with Gasteiger partial charge in [0.05, 0.1) is 0 Å². The average molecular weight is 198 g/mol. The summed E-state index contributed by atoms with van der Waals surface area (Å²) in [6.45, 7) is 5.23. The number of likely N-dealkylation sites (tertiary alicyclic amines) is 1. The lowest BCUT2D eigenvalue weighted by Crippen LogP contribution is -2.46. The predicted molar refractivity (Wildman–Crippen MR) is 60.4 cm³/mol. The minimum Gasteiger partial charge on any atom is -0.370 e. The van der Waals surface area contributed by atoms with Crippen LogP contribution in [0.5, 0.6) is 0 Å². The smallest absolute Gasteiger partial charge is 0.188 e. The van der Waals surface area contributed by atoms with Gasteiger partial charge in [-0.2, -0.15) is 0 Å². The van der Waals surface area contributed by atoms with Crippen molar-refractivity contribution in [2.75, 3.05) is 26.7 Å². The van der Waals surface area contributed by atoms with E-state index in [4.69, 9.17) is 5.73 Å². The fraction of sp³-hybridized carbons (Fsp3) is 0.900. The van der Waals surface area contributed by atoms with Crippen LogP contribution in [0.15, 0.2) is 4.99 Å². The molecule has 14 heavy (non-hydrogen) atoms. The molecule has 1 saturated heterocycles. The Morgan fingerprint density at radius 3 is 2.71 bits per heavy atom. The molecule has 0 bridgehead atoms. The Balaban J connectivity index is 2.23. The molecule has 0 aliphatic carbocycles. The van der Waals surface area contributed by atoms with Crippen LogP contribution >= 0.6 is 0 Å². The third-order valence-electron chi connectivity index (χ3n) is 2.58. The average Bonchev–Trinajstić information content (AvgIpc) is 2.18. The molecule has 0 aromatic rings. The van der Waals surface area contributed by atoms with Crippen LogP contribution in [0.25, 0.3) is 0 Å². The summed E-state index contributed by atoms with van der Waals surface area (Å²) in [4.78, 5) is 6.57. The number of rotatable bonds is 3. The molecule has 1 fully saturated rings. The molecule has 0 saturated carbocycles. The molecule has 0 atom stereocenters. The van der Waals surface area contributed by atoms with Crippen molar-refractivity contribution in [3.63, 3.8) is 0 Å². The van der Waals surface area contributed by atoms with Crippen molar-refractivity contribution in [1.82, 2.24) is 10.2 Å². The summed E-state index contributed by atoms with van der Waals surface area (Å²) in [5, 5.41) is 3.28. The van der Waals surface area contributed by atoms with E-state index < -0.39 is 0 Å². The van der Waals surface area contributed by atoms with Crippen molar-refractivity contribution in [2.45, 2.75) is 32.2 Å². The highest BCUT2D eigenvalue weighted by Crippen LogP contribution is 2.07. The number of piperidine rings is 1. The van der Waals surface area contributed by atoms with Gasteiger partial charge in [-0.15, -0.1) is 0 Å². The molecular weight excluding hydrogens is 176 g/mol. The SMILES string of the molecule is CCCN=C(N)NC1CCN(C)CC1. The lowest BCUT2D eigenvalue weighted by atomic mass is 10.1. The van der Waals surface area contributed by atoms with Gasteiger partial charge >= 0.3 is 0 Å². The van der Waals surface area contributed by atoms with Crippen LogP contribution in [0.4, 0.5) is 0 Å². The van der Waals surface area contributed by atoms with Crippen LogP contribution in [-0.2, 0) is 0 Å². The molecule has 0 aromatic heterocycles. The van der Waals surface area contributed by atoms with Crippen LogP contribution in [0, 0.1) is 0 Å². The molecule has 82 valence electrons. The highest BCUT2D eigenvalue weighted by atomic mass is 15.2. The van der Waals surface area contributed by atoms with Crippen molar-refractivity contribution in [3.05, 3.63) is 0 Å². The van der Waals surface area contributed by atoms with Gasteiger partial charge in [-0.25, -0.2) is 0 Å². The van der Waals surface area contributed by atoms with E-state index in [1.807, 2.05) is 0 Å². The standard InChI is InChI=1S/C10H22N4/c1-3-6-12-10(11)13-9-4-7-14(2)8-5-9/h9H,3-8H2,1-2H3,(H3,11,12,13). The fourth-order valence-electron chi connectivity index (χ4n) is 1.64. The molecule has 1 rings (SSSR count). The zero-order valence-corrected chi connectivity index (χ0v) is 9.29. The Labute approximate surface area is 86.6 Å². The molecule has 0 radical (unpaired) electrons. The van der Waals surface area contributed by atoms with Gasteiger partial charge in [-0.1, -0.05) is 6.92 Å². The van der Waals surface area contributed by atoms with Crippen molar-refractivity contribution >= 4 is 5.96 Å². The second kappa shape index (κ2) is 5.86. The quantitative estimate of drug-likeness (QED) is 0.510. The highest BCUT2D eigenvalue weighted by molar-refractivity contribution is 5.78. The number of guanidine groups is 1. The third-order valence-corrected chi connectivity index (χ3v) is 2.58. The molecule has 0 amide bonds. The normalized spacial score (nSPS) is 21.1. The second-order valence-corrected chi connectivity index (χ2v) is 3.99. The molecule has 0 unspecified atom stereocenters. The summed E-state index contributed by atoms with van der Waals surface area (Å²) in [5.74, 6) is 0.612. The van der Waals surface area contributed by atoms with Gasteiger partial charge in [-0.05, 0) is 39.4 Å². The van der Waals surface area contributed by atoms with Crippen molar-refractivity contribution < 1.29 is 0 Å². The van der Waals surface area contributed by atoms with Crippen LogP contribution in [0.1, 0.15) is 26.2 Å². The number of aliphatic imine (C=N–C) groups is 1. The zero-order chi connectivity index (χ0) is 10.4. The molecule has 4 heteroatoms. The van der Waals surface area contributed by atoms with Gasteiger partial charge in [0, 0.05) is 12.6 Å². The van der Waals surface area contributed by atoms with Crippen LogP contribution in [-0.4, -0.2) is 43.6 Å². The first kappa shape index (κ1) is 11.3. The largest absolute Gasteiger partial charge is 0.370 e. The first-order valence-electron chi connectivity index (χ1n) is 5.47. The Hall–Kier alpha value is -0.770. The van der Waals surface area contributed by atoms with Crippen LogP contribution in [0.3, 0.4) is 0 Å². The van der Waals surface area contributed by atoms with Gasteiger partial charge in [-0.3, -0.25) is 4.99 Å². The summed E-state index contributed by atoms with van der Waals surface area (Å²) in [7, 11) is 2.16. The van der Waals surface area contributed by atoms with Crippen molar-refractivity contribution in [2.24, 2.45) is 10.7 Å². The summed E-state index contributed by atoms with van der Waals surface area (Å²) in [5.41, 5.74) is 5.75. The summed E-state index contributed by atoms with van der Waals surface area (Å²) < 4.78 is 0. The Kier molecular flexibility index (Phi) is 4.73. The maximum absolute atomic E-state index is 5.75. The molecule has 1 aliphatic rings. The Morgan fingerprint density at radius 2 is 2.14 bits per heavy atom. The molecule has 3 N–H and O–H groups in total. The fourth-order valence-corrected chi connectivity index (χ4v) is 1.64. The third kappa shape index (κ3) is 3.96. The van der Waals surface area contributed by atoms with E-state index in [-0.39, 0.29) is 0 Å². The van der Waals surface area contributed by atoms with E-state index in [0.29, 0.717) is 12.0 Å². The number of nitrogens with zero attached hydrogens (tertiary/aromatic N) is 2. The lowest BCUT2D eigenvalue weighted by Gasteiger charge is -2.29. The maximum atomic E-state index is 5.75. The van der Waals surface area contributed by atoms with Gasteiger partial charge in [0.1, 0.15) is 0 Å². The van der Waals surface area contributed by atoms with Gasteiger partial charge in [0.2, 0.25) is 0 Å². The summed E-state index contributed by atoms with van der Waals surface area (Å²) in [6.07, 6.45) is 3.38. The molecular formula is C10H22N4. The van der Waals surface area contributed by atoms with E-state index in [1.165, 1.54) is 12.8 Å². The molecule has 1 aliphatic heterocycles. The number of hydrogen-bond donors (Lipinski definition) is 2. The van der Waals surface area contributed by atoms with Crippen LogP contribution in [0.2, 0.25) is 0 Å². The zero-order valence-electron chi connectivity index (χ0n) is 9.29. The van der Waals surface area contributed by atoms with E-state index in [9.17, 15) is 0 Å². The summed E-state index contributed by atoms with van der Waals surface area (Å²) in [6, 6.07) is 0.520. The topological polar surface area (TPSA) is 53.6 Å². The minimum absolute atomic E-state index is 0.520. The van der Waals surface area contributed by atoms with E-state index in [1.54, 1.807) is 0 Å². The Morgan fingerprint density at radius 1 is 1.50 bits per heavy atom. The summed E-state index contributed by atoms with van der Waals surface area (Å²) >= 11 is 0. The molecule has 4 nitrogen and oxygen atoms in total. The van der Waals surface area contributed by atoms with Crippen LogP contribution < -0.4 is 11.1 Å². The highest BCUT2D eigenvalue weighted by Gasteiger charge is 2.16. The van der Waals surface area contributed by atoms with Gasteiger partial charge < -0.3 is 16.0 Å². The van der Waals surface area contributed by atoms with E-state index in [0.717, 1.165) is 26.1 Å². The van der Waals surface area contributed by atoms with Gasteiger partial charge in [0.15, 0.2) is 5.96 Å². The minimum atomic E-state index is 0.520. The van der Waals surface area contributed by atoms with E-state index >= 15 is 0 Å². The molecule has 1 heterocycles. The number of hydrogen-bond acceptors (Lipinski definition) is 2. The second-order valence-electron chi connectivity index (χ2n) is 3.99. The molecule has 0 spiro atoms. The number of nitrogens with two attached hydrogens (primary N) is 1. The molecule has 0 aromatic carbocycles. The maximum Gasteiger partial charge on any atom is 0.188 e. The first-order chi connectivity index (χ1) is 6.72. The number of nitrogens with one attached hydrogen (secondary N) is 1. The monoisotopic (exact) mass is 198 g/mol. The van der Waals surface area contributed by atoms with Crippen molar-refractivity contribution in [1.29, 1.82) is 0 Å².